The quantitative estimate of drug-likeness (QED) is 0.506. The third-order valence-corrected chi connectivity index (χ3v) is 5.99. The molecule has 0 spiro atoms. The van der Waals surface area contributed by atoms with Crippen molar-refractivity contribution in [2.45, 2.75) is 13.0 Å². The Kier molecular flexibility index (Phi) is 5.49. The lowest BCUT2D eigenvalue weighted by Gasteiger charge is -2.16. The molecule has 0 aliphatic carbocycles. The number of terminal acetylenes is 1. The highest BCUT2D eigenvalue weighted by atomic mass is 31.1. The smallest absolute Gasteiger partial charge is 0.134 e. The van der Waals surface area contributed by atoms with E-state index in [-0.39, 0.29) is 12.7 Å². The van der Waals surface area contributed by atoms with Crippen LogP contribution in [0, 0.1) is 12.3 Å². The van der Waals surface area contributed by atoms with Crippen molar-refractivity contribution >= 4 is 24.0 Å². The van der Waals surface area contributed by atoms with Gasteiger partial charge in [0.1, 0.15) is 24.0 Å². The molecule has 1 aromatic heterocycles. The third-order valence-electron chi connectivity index (χ3n) is 3.68. The molecule has 2 aromatic carbocycles. The molecular formula is C21H19O2P. The minimum Gasteiger partial charge on any atom is -0.458 e. The third kappa shape index (κ3) is 3.77. The first-order valence-corrected chi connectivity index (χ1v) is 9.19. The molecule has 0 aliphatic rings. The molecule has 3 aromatic rings. The summed E-state index contributed by atoms with van der Waals surface area (Å²) in [5, 5.41) is 2.52. The summed E-state index contributed by atoms with van der Waals surface area (Å²) in [7, 11) is -0.725. The minimum atomic E-state index is -0.725. The van der Waals surface area contributed by atoms with E-state index in [2.05, 4.69) is 60.5 Å². The van der Waals surface area contributed by atoms with Crippen molar-refractivity contribution in [3.63, 3.8) is 0 Å². The number of furan rings is 1. The lowest BCUT2D eigenvalue weighted by Crippen LogP contribution is -2.19. The number of hydrogen-bond acceptors (Lipinski definition) is 2. The number of ether oxygens (including phenoxy) is 1. The second-order valence-corrected chi connectivity index (χ2v) is 7.48. The van der Waals surface area contributed by atoms with Crippen LogP contribution in [0.2, 0.25) is 0 Å². The van der Waals surface area contributed by atoms with Crippen LogP contribution < -0.4 is 16.1 Å². The van der Waals surface area contributed by atoms with E-state index in [1.807, 2.05) is 25.1 Å². The molecule has 0 amide bonds. The SMILES string of the molecule is C#CCOC(C)c1ccc(P(c2ccccc2)c2ccccc2)o1. The molecule has 0 bridgehead atoms. The fourth-order valence-electron chi connectivity index (χ4n) is 2.49. The second kappa shape index (κ2) is 7.97. The highest BCUT2D eigenvalue weighted by Gasteiger charge is 2.21. The predicted molar refractivity (Wildman–Crippen MR) is 101 cm³/mol. The van der Waals surface area contributed by atoms with E-state index in [0.29, 0.717) is 0 Å². The molecule has 2 nitrogen and oxygen atoms in total. The van der Waals surface area contributed by atoms with E-state index >= 15 is 0 Å². The summed E-state index contributed by atoms with van der Waals surface area (Å²) < 4.78 is 11.7. The summed E-state index contributed by atoms with van der Waals surface area (Å²) in [6.45, 7) is 2.23. The van der Waals surface area contributed by atoms with E-state index in [0.717, 1.165) is 11.3 Å². The average Bonchev–Trinajstić information content (AvgIpc) is 3.11. The zero-order valence-corrected chi connectivity index (χ0v) is 14.4. The molecule has 3 rings (SSSR count). The molecule has 0 fully saturated rings. The first-order valence-electron chi connectivity index (χ1n) is 7.84. The molecule has 3 heteroatoms. The van der Waals surface area contributed by atoms with Gasteiger partial charge in [-0.2, -0.15) is 0 Å². The standard InChI is InChI=1S/C21H19O2P/c1-3-16-22-17(2)20-14-15-21(23-20)24(18-10-6-4-7-11-18)19-12-8-5-9-13-19/h1,4-15,17H,16H2,2H3. The summed E-state index contributed by atoms with van der Waals surface area (Å²) in [5.41, 5.74) is 0.966. The van der Waals surface area contributed by atoms with Gasteiger partial charge in [-0.15, -0.1) is 6.42 Å². The van der Waals surface area contributed by atoms with Crippen LogP contribution in [-0.4, -0.2) is 6.61 Å². The summed E-state index contributed by atoms with van der Waals surface area (Å²) in [6, 6.07) is 25.0. The van der Waals surface area contributed by atoms with E-state index in [4.69, 9.17) is 15.6 Å². The minimum absolute atomic E-state index is 0.154. The van der Waals surface area contributed by atoms with Crippen LogP contribution in [0.1, 0.15) is 18.8 Å². The van der Waals surface area contributed by atoms with Crippen molar-refractivity contribution in [2.75, 3.05) is 6.61 Å². The molecule has 0 saturated carbocycles. The molecule has 0 radical (unpaired) electrons. The summed E-state index contributed by atoms with van der Waals surface area (Å²) >= 11 is 0. The van der Waals surface area contributed by atoms with Crippen LogP contribution in [-0.2, 0) is 4.74 Å². The molecule has 0 aliphatic heterocycles. The van der Waals surface area contributed by atoms with Crippen LogP contribution in [0.5, 0.6) is 0 Å². The molecule has 120 valence electrons. The van der Waals surface area contributed by atoms with Gasteiger partial charge in [-0.3, -0.25) is 0 Å². The maximum Gasteiger partial charge on any atom is 0.134 e. The van der Waals surface area contributed by atoms with Gasteiger partial charge in [0.15, 0.2) is 0 Å². The Balaban J connectivity index is 1.96. The zero-order valence-electron chi connectivity index (χ0n) is 13.6. The van der Waals surface area contributed by atoms with Gasteiger partial charge in [0.05, 0.1) is 0 Å². The van der Waals surface area contributed by atoms with Crippen molar-refractivity contribution in [3.05, 3.63) is 78.6 Å². The van der Waals surface area contributed by atoms with E-state index in [9.17, 15) is 0 Å². The first kappa shape index (κ1) is 16.5. The molecular weight excluding hydrogens is 315 g/mol. The molecule has 1 atom stereocenters. The Morgan fingerprint density at radius 2 is 1.54 bits per heavy atom. The lowest BCUT2D eigenvalue weighted by molar-refractivity contribution is 0.0762. The highest BCUT2D eigenvalue weighted by Crippen LogP contribution is 2.34. The summed E-state index contributed by atoms with van der Waals surface area (Å²) in [6.07, 6.45) is 5.10. The van der Waals surface area contributed by atoms with Gasteiger partial charge in [0.2, 0.25) is 0 Å². The maximum absolute atomic E-state index is 6.15. The van der Waals surface area contributed by atoms with Crippen LogP contribution in [0.15, 0.2) is 77.2 Å². The topological polar surface area (TPSA) is 22.4 Å². The first-order chi connectivity index (χ1) is 11.8. The molecule has 0 N–H and O–H groups in total. The van der Waals surface area contributed by atoms with Gasteiger partial charge >= 0.3 is 0 Å². The highest BCUT2D eigenvalue weighted by molar-refractivity contribution is 7.79. The van der Waals surface area contributed by atoms with Gasteiger partial charge in [-0.05, 0) is 29.7 Å². The van der Waals surface area contributed by atoms with Gasteiger partial charge < -0.3 is 9.15 Å². The second-order valence-electron chi connectivity index (χ2n) is 5.34. The number of benzene rings is 2. The number of hydrogen-bond donors (Lipinski definition) is 0. The molecule has 0 saturated heterocycles. The van der Waals surface area contributed by atoms with Gasteiger partial charge in [0.25, 0.3) is 0 Å². The summed E-state index contributed by atoms with van der Waals surface area (Å²) in [5.74, 6) is 3.29. The van der Waals surface area contributed by atoms with Crippen molar-refractivity contribution in [2.24, 2.45) is 0 Å². The van der Waals surface area contributed by atoms with E-state index in [1.165, 1.54) is 10.6 Å². The van der Waals surface area contributed by atoms with Crippen LogP contribution >= 0.6 is 7.92 Å². The summed E-state index contributed by atoms with van der Waals surface area (Å²) in [4.78, 5) is 0. The average molecular weight is 334 g/mol. The Morgan fingerprint density at radius 3 is 2.08 bits per heavy atom. The Labute approximate surface area is 144 Å². The molecule has 1 unspecified atom stereocenters. The monoisotopic (exact) mass is 334 g/mol. The fraction of sp³-hybridized carbons (Fsp3) is 0.143. The predicted octanol–water partition coefficient (Wildman–Crippen LogP) is 3.75. The fourth-order valence-corrected chi connectivity index (χ4v) is 4.66. The number of rotatable bonds is 6. The van der Waals surface area contributed by atoms with Gasteiger partial charge in [-0.25, -0.2) is 0 Å². The zero-order chi connectivity index (χ0) is 16.8. The molecule has 24 heavy (non-hydrogen) atoms. The lowest BCUT2D eigenvalue weighted by atomic mass is 10.3. The van der Waals surface area contributed by atoms with Crippen molar-refractivity contribution < 1.29 is 9.15 Å². The van der Waals surface area contributed by atoms with Crippen LogP contribution in [0.4, 0.5) is 0 Å². The van der Waals surface area contributed by atoms with Crippen LogP contribution in [0.25, 0.3) is 0 Å². The molecule has 1 heterocycles. The van der Waals surface area contributed by atoms with E-state index in [1.54, 1.807) is 0 Å². The van der Waals surface area contributed by atoms with Crippen molar-refractivity contribution in [1.82, 2.24) is 0 Å². The van der Waals surface area contributed by atoms with Crippen molar-refractivity contribution in [1.29, 1.82) is 0 Å². The van der Waals surface area contributed by atoms with E-state index < -0.39 is 7.92 Å². The largest absolute Gasteiger partial charge is 0.458 e. The van der Waals surface area contributed by atoms with Crippen molar-refractivity contribution in [3.8, 4) is 12.3 Å². The Morgan fingerprint density at radius 1 is 0.958 bits per heavy atom. The van der Waals surface area contributed by atoms with Gasteiger partial charge in [-0.1, -0.05) is 66.6 Å². The van der Waals surface area contributed by atoms with Crippen LogP contribution in [0.3, 0.4) is 0 Å². The Bertz CT molecular complexity index is 763. The maximum atomic E-state index is 6.15. The van der Waals surface area contributed by atoms with Gasteiger partial charge in [0, 0.05) is 7.92 Å². The Hall–Kier alpha value is -2.33. The normalized spacial score (nSPS) is 12.0.